The highest BCUT2D eigenvalue weighted by Crippen LogP contribution is 2.33. The number of rotatable bonds is 5. The molecule has 0 fully saturated rings. The van der Waals surface area contributed by atoms with Crippen LogP contribution in [0, 0.1) is 0 Å². The first-order valence-corrected chi connectivity index (χ1v) is 5.42. The van der Waals surface area contributed by atoms with Crippen LogP contribution in [0.25, 0.3) is 0 Å². The van der Waals surface area contributed by atoms with E-state index < -0.39 is 11.2 Å². The topological polar surface area (TPSA) is 61.8 Å². The fourth-order valence-electron chi connectivity index (χ4n) is 1.56. The van der Waals surface area contributed by atoms with Gasteiger partial charge in [0.05, 0.1) is 33.3 Å². The van der Waals surface area contributed by atoms with Crippen molar-refractivity contribution >= 4 is 22.8 Å². The molecule has 18 heavy (non-hydrogen) atoms. The second kappa shape index (κ2) is 6.26. The van der Waals surface area contributed by atoms with Gasteiger partial charge in [-0.25, -0.2) is 4.79 Å². The van der Waals surface area contributed by atoms with Crippen molar-refractivity contribution < 1.29 is 23.8 Å². The van der Waals surface area contributed by atoms with E-state index >= 15 is 0 Å². The maximum Gasteiger partial charge on any atom is 0.337 e. The van der Waals surface area contributed by atoms with Crippen molar-refractivity contribution in [3.63, 3.8) is 0 Å². The first-order chi connectivity index (χ1) is 8.53. The van der Waals surface area contributed by atoms with Gasteiger partial charge in [0, 0.05) is 5.56 Å². The van der Waals surface area contributed by atoms with Crippen LogP contribution in [0.5, 0.6) is 11.5 Å². The molecule has 0 bridgehead atoms. The highest BCUT2D eigenvalue weighted by molar-refractivity contribution is 6.63. The van der Waals surface area contributed by atoms with Crippen LogP contribution in [-0.2, 0) is 16.0 Å². The predicted molar refractivity (Wildman–Crippen MR) is 65.4 cm³/mol. The van der Waals surface area contributed by atoms with Crippen molar-refractivity contribution in [2.75, 3.05) is 21.3 Å². The maximum absolute atomic E-state index is 11.5. The van der Waals surface area contributed by atoms with E-state index in [1.54, 1.807) is 0 Å². The van der Waals surface area contributed by atoms with E-state index in [0.29, 0.717) is 17.1 Å². The normalized spacial score (nSPS) is 9.78. The Morgan fingerprint density at radius 3 is 2.28 bits per heavy atom. The van der Waals surface area contributed by atoms with Gasteiger partial charge in [-0.3, -0.25) is 4.79 Å². The first-order valence-electron chi connectivity index (χ1n) is 5.05. The zero-order valence-corrected chi connectivity index (χ0v) is 11.0. The summed E-state index contributed by atoms with van der Waals surface area (Å²) in [5.41, 5.74) is 0.736. The average Bonchev–Trinajstić information content (AvgIpc) is 2.35. The molecule has 0 heterocycles. The molecule has 0 spiro atoms. The van der Waals surface area contributed by atoms with Crippen molar-refractivity contribution in [3.8, 4) is 11.5 Å². The SMILES string of the molecule is COC(=O)c1cc(CC(=O)Cl)c(OC)c(OC)c1. The highest BCUT2D eigenvalue weighted by atomic mass is 35.5. The quantitative estimate of drug-likeness (QED) is 0.604. The van der Waals surface area contributed by atoms with Crippen molar-refractivity contribution in [1.29, 1.82) is 0 Å². The number of halogens is 1. The molecule has 0 aromatic heterocycles. The van der Waals surface area contributed by atoms with Crippen LogP contribution in [0.2, 0.25) is 0 Å². The molecule has 1 aromatic rings. The lowest BCUT2D eigenvalue weighted by Gasteiger charge is -2.13. The van der Waals surface area contributed by atoms with Gasteiger partial charge in [0.15, 0.2) is 11.5 Å². The van der Waals surface area contributed by atoms with E-state index in [1.165, 1.54) is 33.5 Å². The fraction of sp³-hybridized carbons (Fsp3) is 0.333. The molecule has 0 aliphatic rings. The van der Waals surface area contributed by atoms with Gasteiger partial charge in [-0.1, -0.05) is 0 Å². The lowest BCUT2D eigenvalue weighted by molar-refractivity contribution is -0.111. The number of carbonyl (C=O) groups excluding carboxylic acids is 2. The summed E-state index contributed by atoms with van der Waals surface area (Å²) >= 11 is 5.35. The molecule has 0 N–H and O–H groups in total. The predicted octanol–water partition coefficient (Wildman–Crippen LogP) is 1.80. The molecule has 6 heteroatoms. The second-order valence-electron chi connectivity index (χ2n) is 3.39. The smallest absolute Gasteiger partial charge is 0.337 e. The third kappa shape index (κ3) is 3.13. The van der Waals surface area contributed by atoms with Gasteiger partial charge in [-0.05, 0) is 23.7 Å². The molecule has 0 saturated heterocycles. The Hall–Kier alpha value is -1.75. The third-order valence-corrected chi connectivity index (χ3v) is 2.44. The molecule has 1 rings (SSSR count). The van der Waals surface area contributed by atoms with Crippen molar-refractivity contribution in [2.45, 2.75) is 6.42 Å². The minimum Gasteiger partial charge on any atom is -0.493 e. The zero-order chi connectivity index (χ0) is 13.7. The average molecular weight is 273 g/mol. The third-order valence-electron chi connectivity index (χ3n) is 2.31. The first kappa shape index (κ1) is 14.3. The van der Waals surface area contributed by atoms with E-state index in [0.717, 1.165) is 0 Å². The molecule has 0 aliphatic carbocycles. The van der Waals surface area contributed by atoms with Gasteiger partial charge in [0.1, 0.15) is 0 Å². The number of hydrogen-bond acceptors (Lipinski definition) is 5. The lowest BCUT2D eigenvalue weighted by Crippen LogP contribution is -2.06. The lowest BCUT2D eigenvalue weighted by atomic mass is 10.1. The number of ether oxygens (including phenoxy) is 3. The molecule has 0 amide bonds. The van der Waals surface area contributed by atoms with E-state index in [4.69, 9.17) is 21.1 Å². The van der Waals surface area contributed by atoms with E-state index in [1.807, 2.05) is 0 Å². The summed E-state index contributed by atoms with van der Waals surface area (Å²) < 4.78 is 14.9. The van der Waals surface area contributed by atoms with Gasteiger partial charge >= 0.3 is 5.97 Å². The van der Waals surface area contributed by atoms with Crippen LogP contribution < -0.4 is 9.47 Å². The standard InChI is InChI=1S/C12H13ClO5/c1-16-9-5-8(12(15)18-3)4-7(6-10(13)14)11(9)17-2/h4-5H,6H2,1-3H3. The fourth-order valence-corrected chi connectivity index (χ4v) is 1.70. The Balaban J connectivity index is 3.35. The van der Waals surface area contributed by atoms with Gasteiger partial charge in [0.2, 0.25) is 5.24 Å². The number of benzene rings is 1. The summed E-state index contributed by atoms with van der Waals surface area (Å²) in [5.74, 6) is 0.187. The summed E-state index contributed by atoms with van der Waals surface area (Å²) in [6.45, 7) is 0. The summed E-state index contributed by atoms with van der Waals surface area (Å²) in [7, 11) is 4.15. The molecule has 0 radical (unpaired) electrons. The Bertz CT molecular complexity index is 470. The molecule has 0 saturated carbocycles. The number of carbonyl (C=O) groups is 2. The summed E-state index contributed by atoms with van der Waals surface area (Å²) in [5, 5.41) is -0.558. The Labute approximate surface area is 110 Å². The Kier molecular flexibility index (Phi) is 4.97. The van der Waals surface area contributed by atoms with E-state index in [-0.39, 0.29) is 12.0 Å². The van der Waals surface area contributed by atoms with Gasteiger partial charge in [-0.2, -0.15) is 0 Å². The van der Waals surface area contributed by atoms with Crippen LogP contribution in [0.15, 0.2) is 12.1 Å². The molecule has 0 unspecified atom stereocenters. The highest BCUT2D eigenvalue weighted by Gasteiger charge is 2.17. The van der Waals surface area contributed by atoms with Gasteiger partial charge in [-0.15, -0.1) is 0 Å². The van der Waals surface area contributed by atoms with Crippen molar-refractivity contribution in [1.82, 2.24) is 0 Å². The minimum absolute atomic E-state index is 0.0636. The number of methoxy groups -OCH3 is 3. The second-order valence-corrected chi connectivity index (χ2v) is 3.82. The summed E-state index contributed by atoms with van der Waals surface area (Å²) in [6.07, 6.45) is -0.0636. The van der Waals surface area contributed by atoms with Crippen LogP contribution in [0.4, 0.5) is 0 Å². The van der Waals surface area contributed by atoms with Gasteiger partial charge in [0.25, 0.3) is 0 Å². The molecule has 0 atom stereocenters. The summed E-state index contributed by atoms with van der Waals surface area (Å²) in [6, 6.07) is 2.97. The molecular formula is C12H13ClO5. The number of esters is 1. The van der Waals surface area contributed by atoms with Crippen LogP contribution in [-0.4, -0.2) is 32.5 Å². The molecule has 5 nitrogen and oxygen atoms in total. The number of hydrogen-bond donors (Lipinski definition) is 0. The van der Waals surface area contributed by atoms with E-state index in [9.17, 15) is 9.59 Å². The Morgan fingerprint density at radius 2 is 1.83 bits per heavy atom. The van der Waals surface area contributed by atoms with Crippen molar-refractivity contribution in [3.05, 3.63) is 23.3 Å². The van der Waals surface area contributed by atoms with Crippen molar-refractivity contribution in [2.24, 2.45) is 0 Å². The minimum atomic E-state index is -0.558. The maximum atomic E-state index is 11.5. The van der Waals surface area contributed by atoms with E-state index in [2.05, 4.69) is 4.74 Å². The largest absolute Gasteiger partial charge is 0.493 e. The summed E-state index contributed by atoms with van der Waals surface area (Å²) in [4.78, 5) is 22.5. The van der Waals surface area contributed by atoms with Crippen LogP contribution in [0.3, 0.4) is 0 Å². The molecule has 0 aliphatic heterocycles. The molecule has 98 valence electrons. The van der Waals surface area contributed by atoms with Gasteiger partial charge < -0.3 is 14.2 Å². The monoisotopic (exact) mass is 272 g/mol. The Morgan fingerprint density at radius 1 is 1.17 bits per heavy atom. The van der Waals surface area contributed by atoms with Crippen LogP contribution >= 0.6 is 11.6 Å². The molecular weight excluding hydrogens is 260 g/mol. The van der Waals surface area contributed by atoms with Crippen LogP contribution in [0.1, 0.15) is 15.9 Å². The zero-order valence-electron chi connectivity index (χ0n) is 10.3. The molecule has 1 aromatic carbocycles.